The number of hydrogen-bond donors (Lipinski definition) is 1. The lowest BCUT2D eigenvalue weighted by molar-refractivity contribution is 0.284. The van der Waals surface area contributed by atoms with Crippen molar-refractivity contribution in [1.82, 2.24) is 14.9 Å². The van der Waals surface area contributed by atoms with Crippen molar-refractivity contribution in [2.75, 3.05) is 13.2 Å². The summed E-state index contributed by atoms with van der Waals surface area (Å²) in [6, 6.07) is 8.57. The maximum absolute atomic E-state index is 5.85. The normalized spacial score (nSPS) is 12.3. The monoisotopic (exact) mass is 287 g/mol. The van der Waals surface area contributed by atoms with Crippen LogP contribution in [0.1, 0.15) is 24.7 Å². The highest BCUT2D eigenvalue weighted by Crippen LogP contribution is 2.13. The number of benzene rings is 1. The third-order valence-electron chi connectivity index (χ3n) is 3.57. The molecule has 1 heterocycles. The summed E-state index contributed by atoms with van der Waals surface area (Å²) in [6.45, 7) is 5.88. The standard InChI is InChI=1S/C17H25N3O/c1-4-18-15(13-17-19-9-10-20(17)3)8-11-21-16-7-5-6-14(2)12-16/h5-7,9-10,12,15,18H,4,8,11,13H2,1-3H3. The molecular weight excluding hydrogens is 262 g/mol. The van der Waals surface area contributed by atoms with Crippen LogP contribution in [0.4, 0.5) is 0 Å². The molecule has 0 spiro atoms. The van der Waals surface area contributed by atoms with E-state index in [1.54, 1.807) is 0 Å². The first-order chi connectivity index (χ1) is 10.2. The van der Waals surface area contributed by atoms with Gasteiger partial charge < -0.3 is 14.6 Å². The van der Waals surface area contributed by atoms with Gasteiger partial charge in [-0.15, -0.1) is 0 Å². The van der Waals surface area contributed by atoms with Crippen molar-refractivity contribution in [3.63, 3.8) is 0 Å². The summed E-state index contributed by atoms with van der Waals surface area (Å²) in [6.07, 6.45) is 5.73. The van der Waals surface area contributed by atoms with Crippen LogP contribution >= 0.6 is 0 Å². The van der Waals surface area contributed by atoms with E-state index < -0.39 is 0 Å². The van der Waals surface area contributed by atoms with E-state index in [4.69, 9.17) is 4.74 Å². The predicted molar refractivity (Wildman–Crippen MR) is 85.7 cm³/mol. The van der Waals surface area contributed by atoms with Crippen LogP contribution in [0.3, 0.4) is 0 Å². The molecule has 0 amide bonds. The molecule has 114 valence electrons. The zero-order chi connectivity index (χ0) is 15.1. The van der Waals surface area contributed by atoms with Crippen molar-refractivity contribution >= 4 is 0 Å². The highest BCUT2D eigenvalue weighted by Gasteiger charge is 2.11. The maximum atomic E-state index is 5.85. The van der Waals surface area contributed by atoms with E-state index >= 15 is 0 Å². The first-order valence-corrected chi connectivity index (χ1v) is 7.58. The van der Waals surface area contributed by atoms with Gasteiger partial charge in [-0.25, -0.2) is 4.98 Å². The summed E-state index contributed by atoms with van der Waals surface area (Å²) in [5, 5.41) is 3.51. The molecule has 21 heavy (non-hydrogen) atoms. The fourth-order valence-corrected chi connectivity index (χ4v) is 2.40. The minimum atomic E-state index is 0.390. The third kappa shape index (κ3) is 4.90. The highest BCUT2D eigenvalue weighted by atomic mass is 16.5. The topological polar surface area (TPSA) is 39.1 Å². The number of aryl methyl sites for hydroxylation is 2. The zero-order valence-electron chi connectivity index (χ0n) is 13.2. The Bertz CT molecular complexity index is 550. The molecule has 0 saturated heterocycles. The third-order valence-corrected chi connectivity index (χ3v) is 3.57. The van der Waals surface area contributed by atoms with Gasteiger partial charge in [-0.3, -0.25) is 0 Å². The molecule has 0 aliphatic rings. The Balaban J connectivity index is 1.84. The molecular formula is C17H25N3O. The van der Waals surface area contributed by atoms with Gasteiger partial charge in [-0.2, -0.15) is 0 Å². The summed E-state index contributed by atoms with van der Waals surface area (Å²) in [5.74, 6) is 2.05. The smallest absolute Gasteiger partial charge is 0.119 e. The van der Waals surface area contributed by atoms with Gasteiger partial charge in [0.1, 0.15) is 11.6 Å². The van der Waals surface area contributed by atoms with E-state index in [1.807, 2.05) is 31.6 Å². The Hall–Kier alpha value is -1.81. The lowest BCUT2D eigenvalue weighted by Crippen LogP contribution is -2.33. The molecule has 0 bridgehead atoms. The van der Waals surface area contributed by atoms with Gasteiger partial charge in [-0.05, 0) is 37.6 Å². The van der Waals surface area contributed by atoms with Crippen LogP contribution in [-0.4, -0.2) is 28.7 Å². The van der Waals surface area contributed by atoms with E-state index in [-0.39, 0.29) is 0 Å². The molecule has 2 aromatic rings. The van der Waals surface area contributed by atoms with Crippen LogP contribution in [0.25, 0.3) is 0 Å². The minimum Gasteiger partial charge on any atom is -0.494 e. The number of imidazole rings is 1. The molecule has 4 heteroatoms. The molecule has 0 aliphatic heterocycles. The molecule has 0 aliphatic carbocycles. The average molecular weight is 287 g/mol. The van der Waals surface area contributed by atoms with Gasteiger partial charge in [0.05, 0.1) is 6.61 Å². The molecule has 0 fully saturated rings. The van der Waals surface area contributed by atoms with Gasteiger partial charge >= 0.3 is 0 Å². The van der Waals surface area contributed by atoms with Crippen LogP contribution in [-0.2, 0) is 13.5 Å². The van der Waals surface area contributed by atoms with Crippen LogP contribution in [0.15, 0.2) is 36.7 Å². The molecule has 4 nitrogen and oxygen atoms in total. The van der Waals surface area contributed by atoms with Crippen molar-refractivity contribution in [2.45, 2.75) is 32.7 Å². The summed E-state index contributed by atoms with van der Waals surface area (Å²) < 4.78 is 7.92. The van der Waals surface area contributed by atoms with E-state index in [1.165, 1.54) is 5.56 Å². The molecule has 1 atom stereocenters. The molecule has 1 N–H and O–H groups in total. The minimum absolute atomic E-state index is 0.390. The van der Waals surface area contributed by atoms with Gasteiger partial charge in [0.15, 0.2) is 0 Å². The SMILES string of the molecule is CCNC(CCOc1cccc(C)c1)Cc1nccn1C. The Morgan fingerprint density at radius 3 is 2.90 bits per heavy atom. The number of ether oxygens (including phenoxy) is 1. The maximum Gasteiger partial charge on any atom is 0.119 e. The first kappa shape index (κ1) is 15.6. The van der Waals surface area contributed by atoms with Gasteiger partial charge in [0.2, 0.25) is 0 Å². The second-order valence-electron chi connectivity index (χ2n) is 5.37. The lowest BCUT2D eigenvalue weighted by atomic mass is 10.1. The van der Waals surface area contributed by atoms with E-state index in [2.05, 4.69) is 40.8 Å². The second-order valence-corrected chi connectivity index (χ2v) is 5.37. The molecule has 1 unspecified atom stereocenters. The van der Waals surface area contributed by atoms with E-state index in [9.17, 15) is 0 Å². The number of likely N-dealkylation sites (N-methyl/N-ethyl adjacent to an activating group) is 1. The highest BCUT2D eigenvalue weighted by molar-refractivity contribution is 5.27. The van der Waals surface area contributed by atoms with Gasteiger partial charge in [0.25, 0.3) is 0 Å². The van der Waals surface area contributed by atoms with Crippen LogP contribution < -0.4 is 10.1 Å². The fourth-order valence-electron chi connectivity index (χ4n) is 2.40. The summed E-state index contributed by atoms with van der Waals surface area (Å²) in [7, 11) is 2.04. The summed E-state index contributed by atoms with van der Waals surface area (Å²) >= 11 is 0. The van der Waals surface area contributed by atoms with Crippen LogP contribution in [0.2, 0.25) is 0 Å². The molecule has 1 aromatic carbocycles. The van der Waals surface area contributed by atoms with Gasteiger partial charge in [-0.1, -0.05) is 19.1 Å². The number of nitrogens with one attached hydrogen (secondary N) is 1. The number of nitrogens with zero attached hydrogens (tertiary/aromatic N) is 2. The van der Waals surface area contributed by atoms with E-state index in [0.29, 0.717) is 12.6 Å². The molecule has 0 radical (unpaired) electrons. The lowest BCUT2D eigenvalue weighted by Gasteiger charge is -2.18. The molecule has 0 saturated carbocycles. The summed E-state index contributed by atoms with van der Waals surface area (Å²) in [4.78, 5) is 4.40. The Kier molecular flexibility index (Phi) is 5.81. The Morgan fingerprint density at radius 2 is 2.24 bits per heavy atom. The largest absolute Gasteiger partial charge is 0.494 e. The van der Waals surface area contributed by atoms with Crippen molar-refractivity contribution in [2.24, 2.45) is 7.05 Å². The fraction of sp³-hybridized carbons (Fsp3) is 0.471. The van der Waals surface area contributed by atoms with Crippen LogP contribution in [0.5, 0.6) is 5.75 Å². The van der Waals surface area contributed by atoms with Crippen molar-refractivity contribution < 1.29 is 4.74 Å². The Morgan fingerprint density at radius 1 is 1.38 bits per heavy atom. The van der Waals surface area contributed by atoms with E-state index in [0.717, 1.165) is 31.0 Å². The molecule has 1 aromatic heterocycles. The van der Waals surface area contributed by atoms with Crippen molar-refractivity contribution in [1.29, 1.82) is 0 Å². The number of hydrogen-bond acceptors (Lipinski definition) is 3. The first-order valence-electron chi connectivity index (χ1n) is 7.58. The summed E-state index contributed by atoms with van der Waals surface area (Å²) in [5.41, 5.74) is 1.23. The average Bonchev–Trinajstić information content (AvgIpc) is 2.84. The zero-order valence-corrected chi connectivity index (χ0v) is 13.2. The van der Waals surface area contributed by atoms with Crippen molar-refractivity contribution in [3.05, 3.63) is 48.0 Å². The number of aromatic nitrogens is 2. The predicted octanol–water partition coefficient (Wildman–Crippen LogP) is 2.72. The van der Waals surface area contributed by atoms with Gasteiger partial charge in [0, 0.05) is 31.9 Å². The molecule has 2 rings (SSSR count). The quantitative estimate of drug-likeness (QED) is 0.811. The number of rotatable bonds is 8. The Labute approximate surface area is 127 Å². The van der Waals surface area contributed by atoms with Crippen molar-refractivity contribution in [3.8, 4) is 5.75 Å². The second kappa shape index (κ2) is 7.84. The van der Waals surface area contributed by atoms with Crippen LogP contribution in [0, 0.1) is 6.92 Å².